The highest BCUT2D eigenvalue weighted by atomic mass is 79.9. The molecule has 0 aromatic heterocycles. The van der Waals surface area contributed by atoms with Crippen LogP contribution in [0.1, 0.15) is 6.92 Å². The van der Waals surface area contributed by atoms with E-state index in [0.717, 1.165) is 0 Å². The molecule has 6 heteroatoms. The molecule has 1 aromatic carbocycles. The van der Waals surface area contributed by atoms with Gasteiger partial charge in [0, 0.05) is 0 Å². The topological polar surface area (TPSA) is 54.0 Å². The fraction of sp³-hybridized carbons (Fsp3) is 0.357. The number of benzene rings is 1. The van der Waals surface area contributed by atoms with E-state index < -0.39 is 5.97 Å². The lowest BCUT2D eigenvalue weighted by molar-refractivity contribution is -0.137. The third-order valence-corrected chi connectivity index (χ3v) is 3.02. The highest BCUT2D eigenvalue weighted by Crippen LogP contribution is 2.39. The van der Waals surface area contributed by atoms with E-state index in [0.29, 0.717) is 48.2 Å². The van der Waals surface area contributed by atoms with Crippen molar-refractivity contribution in [1.82, 2.24) is 0 Å². The van der Waals surface area contributed by atoms with Crippen LogP contribution in [0.2, 0.25) is 0 Å². The average Bonchev–Trinajstić information content (AvgIpc) is 2.47. The second-order valence-corrected chi connectivity index (χ2v) is 4.44. The largest absolute Gasteiger partial charge is 0.486 e. The molecule has 0 amide bonds. The predicted octanol–water partition coefficient (Wildman–Crippen LogP) is 2.68. The SMILES string of the molecule is CCOC(=O)C=C(CBr)Oc1cccc2c1OCCO2. The fourth-order valence-electron chi connectivity index (χ4n) is 1.68. The number of halogens is 1. The Balaban J connectivity index is 2.17. The maximum atomic E-state index is 11.4. The van der Waals surface area contributed by atoms with E-state index in [1.54, 1.807) is 19.1 Å². The molecule has 0 N–H and O–H groups in total. The number of carbonyl (C=O) groups excluding carboxylic acids is 1. The highest BCUT2D eigenvalue weighted by Gasteiger charge is 2.18. The van der Waals surface area contributed by atoms with E-state index in [9.17, 15) is 4.79 Å². The summed E-state index contributed by atoms with van der Waals surface area (Å²) in [6, 6.07) is 5.37. The summed E-state index contributed by atoms with van der Waals surface area (Å²) in [6.07, 6.45) is 1.31. The monoisotopic (exact) mass is 342 g/mol. The van der Waals surface area contributed by atoms with E-state index in [4.69, 9.17) is 18.9 Å². The van der Waals surface area contributed by atoms with Crippen LogP contribution in [0.25, 0.3) is 0 Å². The summed E-state index contributed by atoms with van der Waals surface area (Å²) in [5, 5.41) is 0.385. The van der Waals surface area contributed by atoms with Crippen molar-refractivity contribution in [1.29, 1.82) is 0 Å². The molecule has 0 bridgehead atoms. The first kappa shape index (κ1) is 14.7. The first-order chi connectivity index (χ1) is 9.74. The van der Waals surface area contributed by atoms with Crippen molar-refractivity contribution in [3.05, 3.63) is 30.0 Å². The minimum absolute atomic E-state index is 0.322. The first-order valence-electron chi connectivity index (χ1n) is 6.24. The van der Waals surface area contributed by atoms with Crippen LogP contribution < -0.4 is 14.2 Å². The number of esters is 1. The van der Waals surface area contributed by atoms with Crippen LogP contribution in [-0.4, -0.2) is 31.1 Å². The maximum absolute atomic E-state index is 11.4. The molecule has 1 heterocycles. The van der Waals surface area contributed by atoms with Gasteiger partial charge in [0.15, 0.2) is 11.5 Å². The molecule has 0 fully saturated rings. The van der Waals surface area contributed by atoms with Gasteiger partial charge in [-0.1, -0.05) is 22.0 Å². The summed E-state index contributed by atoms with van der Waals surface area (Å²) in [4.78, 5) is 11.4. The van der Waals surface area contributed by atoms with Gasteiger partial charge < -0.3 is 18.9 Å². The number of ether oxygens (including phenoxy) is 4. The maximum Gasteiger partial charge on any atom is 0.334 e. The summed E-state index contributed by atoms with van der Waals surface area (Å²) in [7, 11) is 0. The zero-order chi connectivity index (χ0) is 14.4. The minimum atomic E-state index is -0.441. The molecule has 0 saturated heterocycles. The van der Waals surface area contributed by atoms with E-state index in [1.807, 2.05) is 6.07 Å². The Bertz CT molecular complexity index is 512. The Morgan fingerprint density at radius 2 is 2.20 bits per heavy atom. The third-order valence-electron chi connectivity index (χ3n) is 2.47. The number of para-hydroxylation sites is 1. The molecule has 20 heavy (non-hydrogen) atoms. The van der Waals surface area contributed by atoms with Crippen LogP contribution in [0.3, 0.4) is 0 Å². The molecular weight excluding hydrogens is 328 g/mol. The second kappa shape index (κ2) is 7.19. The molecule has 0 unspecified atom stereocenters. The summed E-state index contributed by atoms with van der Waals surface area (Å²) in [5.74, 6) is 1.69. The van der Waals surface area contributed by atoms with Crippen molar-refractivity contribution in [3.8, 4) is 17.2 Å². The molecular formula is C14H15BrO5. The van der Waals surface area contributed by atoms with Crippen molar-refractivity contribution < 1.29 is 23.7 Å². The van der Waals surface area contributed by atoms with Gasteiger partial charge in [0.25, 0.3) is 0 Å². The average molecular weight is 343 g/mol. The van der Waals surface area contributed by atoms with E-state index in [-0.39, 0.29) is 0 Å². The van der Waals surface area contributed by atoms with Gasteiger partial charge in [-0.25, -0.2) is 4.79 Å². The van der Waals surface area contributed by atoms with Crippen LogP contribution in [-0.2, 0) is 9.53 Å². The van der Waals surface area contributed by atoms with Crippen molar-refractivity contribution in [3.63, 3.8) is 0 Å². The quantitative estimate of drug-likeness (QED) is 0.356. The molecule has 1 aliphatic heterocycles. The molecule has 0 radical (unpaired) electrons. The standard InChI is InChI=1S/C14H15BrO5/c1-2-17-13(16)8-10(9-15)20-12-5-3-4-11-14(12)19-7-6-18-11/h3-5,8H,2,6-7,9H2,1H3. The molecule has 1 aromatic rings. The van der Waals surface area contributed by atoms with Gasteiger partial charge in [-0.3, -0.25) is 0 Å². The van der Waals surface area contributed by atoms with Crippen LogP contribution in [0.5, 0.6) is 17.2 Å². The smallest absolute Gasteiger partial charge is 0.334 e. The van der Waals surface area contributed by atoms with E-state index in [2.05, 4.69) is 15.9 Å². The van der Waals surface area contributed by atoms with Gasteiger partial charge in [0.2, 0.25) is 5.75 Å². The Labute approximate surface area is 125 Å². The number of carbonyl (C=O) groups is 1. The minimum Gasteiger partial charge on any atom is -0.486 e. The normalized spacial score (nSPS) is 13.8. The number of alkyl halides is 1. The van der Waals surface area contributed by atoms with Crippen molar-refractivity contribution in [2.75, 3.05) is 25.2 Å². The summed E-state index contributed by atoms with van der Waals surface area (Å²) < 4.78 is 21.6. The van der Waals surface area contributed by atoms with Crippen LogP contribution in [0.4, 0.5) is 0 Å². The van der Waals surface area contributed by atoms with Crippen LogP contribution >= 0.6 is 15.9 Å². The number of fused-ring (bicyclic) bond motifs is 1. The molecule has 2 rings (SSSR count). The van der Waals surface area contributed by atoms with E-state index in [1.165, 1.54) is 6.08 Å². The molecule has 0 saturated carbocycles. The van der Waals surface area contributed by atoms with Gasteiger partial charge in [-0.2, -0.15) is 0 Å². The molecule has 0 atom stereocenters. The zero-order valence-electron chi connectivity index (χ0n) is 11.1. The second-order valence-electron chi connectivity index (χ2n) is 3.88. The third kappa shape index (κ3) is 3.66. The van der Waals surface area contributed by atoms with Gasteiger partial charge in [0.1, 0.15) is 19.0 Å². The number of hydrogen-bond acceptors (Lipinski definition) is 5. The Kier molecular flexibility index (Phi) is 5.29. The first-order valence-corrected chi connectivity index (χ1v) is 7.36. The van der Waals surface area contributed by atoms with Gasteiger partial charge in [0.05, 0.1) is 18.0 Å². The highest BCUT2D eigenvalue weighted by molar-refractivity contribution is 9.09. The molecule has 0 aliphatic carbocycles. The lowest BCUT2D eigenvalue weighted by Gasteiger charge is -2.21. The molecule has 0 spiro atoms. The van der Waals surface area contributed by atoms with Crippen molar-refractivity contribution in [2.24, 2.45) is 0 Å². The summed E-state index contributed by atoms with van der Waals surface area (Å²) in [6.45, 7) is 3.06. The fourth-order valence-corrected chi connectivity index (χ4v) is 1.96. The zero-order valence-corrected chi connectivity index (χ0v) is 12.6. The number of allylic oxidation sites excluding steroid dienone is 1. The Hall–Kier alpha value is -1.69. The lowest BCUT2D eigenvalue weighted by atomic mass is 10.3. The van der Waals surface area contributed by atoms with Crippen LogP contribution in [0, 0.1) is 0 Å². The molecule has 108 valence electrons. The Morgan fingerprint density at radius 1 is 1.40 bits per heavy atom. The van der Waals surface area contributed by atoms with Crippen LogP contribution in [0.15, 0.2) is 30.0 Å². The summed E-state index contributed by atoms with van der Waals surface area (Å²) in [5.41, 5.74) is 0. The van der Waals surface area contributed by atoms with Gasteiger partial charge >= 0.3 is 5.97 Å². The lowest BCUT2D eigenvalue weighted by Crippen LogP contribution is -2.16. The summed E-state index contributed by atoms with van der Waals surface area (Å²) >= 11 is 3.28. The molecule has 1 aliphatic rings. The van der Waals surface area contributed by atoms with Crippen molar-refractivity contribution >= 4 is 21.9 Å². The van der Waals surface area contributed by atoms with Crippen molar-refractivity contribution in [2.45, 2.75) is 6.92 Å². The Morgan fingerprint density at radius 3 is 2.95 bits per heavy atom. The molecule has 5 nitrogen and oxygen atoms in total. The predicted molar refractivity (Wildman–Crippen MR) is 76.6 cm³/mol. The van der Waals surface area contributed by atoms with E-state index >= 15 is 0 Å². The number of rotatable bonds is 5. The van der Waals surface area contributed by atoms with Gasteiger partial charge in [-0.15, -0.1) is 0 Å². The number of hydrogen-bond donors (Lipinski definition) is 0. The van der Waals surface area contributed by atoms with Gasteiger partial charge in [-0.05, 0) is 19.1 Å².